The molecule has 2 rings (SSSR count). The number of aryl methyl sites for hydroxylation is 1. The van der Waals surface area contributed by atoms with Crippen molar-refractivity contribution in [1.29, 1.82) is 0 Å². The molecule has 0 bridgehead atoms. The number of esters is 1. The van der Waals surface area contributed by atoms with Gasteiger partial charge < -0.3 is 10.1 Å². The second kappa shape index (κ2) is 6.34. The lowest BCUT2D eigenvalue weighted by atomic mass is 10.1. The standard InChI is InChI=1S/C15H15NO3S/c1-10-3-5-11(6-4-10)9-13(17)16-12-7-8-20-14(12)15(18)19-2/h3-8H,9H2,1-2H3,(H,16,17). The predicted molar refractivity (Wildman–Crippen MR) is 79.2 cm³/mol. The number of amides is 1. The number of rotatable bonds is 4. The van der Waals surface area contributed by atoms with E-state index in [9.17, 15) is 9.59 Å². The summed E-state index contributed by atoms with van der Waals surface area (Å²) in [5, 5.41) is 4.48. The van der Waals surface area contributed by atoms with Crippen LogP contribution in [0, 0.1) is 6.92 Å². The van der Waals surface area contributed by atoms with Crippen molar-refractivity contribution in [3.8, 4) is 0 Å². The van der Waals surface area contributed by atoms with Gasteiger partial charge in [0.2, 0.25) is 5.91 Å². The zero-order chi connectivity index (χ0) is 14.5. The van der Waals surface area contributed by atoms with Crippen LogP contribution < -0.4 is 5.32 Å². The third kappa shape index (κ3) is 3.45. The number of benzene rings is 1. The van der Waals surface area contributed by atoms with Gasteiger partial charge in [-0.1, -0.05) is 29.8 Å². The van der Waals surface area contributed by atoms with Crippen LogP contribution in [0.3, 0.4) is 0 Å². The Morgan fingerprint density at radius 2 is 1.90 bits per heavy atom. The van der Waals surface area contributed by atoms with Crippen molar-refractivity contribution in [1.82, 2.24) is 0 Å². The first kappa shape index (κ1) is 14.3. The summed E-state index contributed by atoms with van der Waals surface area (Å²) in [7, 11) is 1.32. The van der Waals surface area contributed by atoms with E-state index in [0.29, 0.717) is 10.6 Å². The van der Waals surface area contributed by atoms with Gasteiger partial charge in [-0.05, 0) is 23.9 Å². The second-order valence-corrected chi connectivity index (χ2v) is 5.28. The second-order valence-electron chi connectivity index (χ2n) is 4.37. The van der Waals surface area contributed by atoms with Crippen molar-refractivity contribution in [3.05, 3.63) is 51.7 Å². The predicted octanol–water partition coefficient (Wildman–Crippen LogP) is 3.02. The normalized spacial score (nSPS) is 10.1. The van der Waals surface area contributed by atoms with Gasteiger partial charge in [0, 0.05) is 0 Å². The number of anilines is 1. The maximum Gasteiger partial charge on any atom is 0.350 e. The van der Waals surface area contributed by atoms with Gasteiger partial charge in [0.1, 0.15) is 4.88 Å². The molecule has 1 N–H and O–H groups in total. The van der Waals surface area contributed by atoms with Gasteiger partial charge in [0.25, 0.3) is 0 Å². The maximum absolute atomic E-state index is 12.0. The molecule has 2 aromatic rings. The smallest absolute Gasteiger partial charge is 0.350 e. The fourth-order valence-corrected chi connectivity index (χ4v) is 2.51. The fourth-order valence-electron chi connectivity index (χ4n) is 1.74. The lowest BCUT2D eigenvalue weighted by Gasteiger charge is -2.06. The van der Waals surface area contributed by atoms with E-state index in [-0.39, 0.29) is 12.3 Å². The van der Waals surface area contributed by atoms with Gasteiger partial charge in [-0.25, -0.2) is 4.79 Å². The Labute approximate surface area is 121 Å². The Morgan fingerprint density at radius 1 is 1.20 bits per heavy atom. The molecule has 0 saturated carbocycles. The fraction of sp³-hybridized carbons (Fsp3) is 0.200. The van der Waals surface area contributed by atoms with Crippen LogP contribution in [0.15, 0.2) is 35.7 Å². The van der Waals surface area contributed by atoms with Crippen molar-refractivity contribution >= 4 is 28.9 Å². The van der Waals surface area contributed by atoms with Gasteiger partial charge in [0.15, 0.2) is 0 Å². The number of hydrogen-bond acceptors (Lipinski definition) is 4. The summed E-state index contributed by atoms with van der Waals surface area (Å²) < 4.78 is 4.67. The zero-order valence-corrected chi connectivity index (χ0v) is 12.1. The van der Waals surface area contributed by atoms with Crippen molar-refractivity contribution < 1.29 is 14.3 Å². The Bertz CT molecular complexity index is 616. The third-order valence-corrected chi connectivity index (χ3v) is 3.69. The largest absolute Gasteiger partial charge is 0.465 e. The van der Waals surface area contributed by atoms with Crippen LogP contribution in [0.5, 0.6) is 0 Å². The SMILES string of the molecule is COC(=O)c1sccc1NC(=O)Cc1ccc(C)cc1. The van der Waals surface area contributed by atoms with E-state index in [1.807, 2.05) is 31.2 Å². The van der Waals surface area contributed by atoms with Crippen molar-refractivity contribution in [2.75, 3.05) is 12.4 Å². The van der Waals surface area contributed by atoms with Crippen molar-refractivity contribution in [3.63, 3.8) is 0 Å². The van der Waals surface area contributed by atoms with Crippen molar-refractivity contribution in [2.24, 2.45) is 0 Å². The summed E-state index contributed by atoms with van der Waals surface area (Å²) >= 11 is 1.24. The monoisotopic (exact) mass is 289 g/mol. The first-order chi connectivity index (χ1) is 9.60. The molecule has 5 heteroatoms. The molecule has 0 spiro atoms. The van der Waals surface area contributed by atoms with E-state index in [1.54, 1.807) is 11.4 Å². The Kier molecular flexibility index (Phi) is 4.53. The highest BCUT2D eigenvalue weighted by Gasteiger charge is 2.15. The minimum Gasteiger partial charge on any atom is -0.465 e. The maximum atomic E-state index is 12.0. The summed E-state index contributed by atoms with van der Waals surface area (Å²) in [4.78, 5) is 23.9. The molecule has 1 heterocycles. The first-order valence-electron chi connectivity index (χ1n) is 6.11. The molecular formula is C15H15NO3S. The number of carbonyl (C=O) groups excluding carboxylic acids is 2. The highest BCUT2D eigenvalue weighted by molar-refractivity contribution is 7.12. The van der Waals surface area contributed by atoms with E-state index in [4.69, 9.17) is 0 Å². The van der Waals surface area contributed by atoms with Crippen LogP contribution >= 0.6 is 11.3 Å². The molecule has 0 unspecified atom stereocenters. The summed E-state index contributed by atoms with van der Waals surface area (Å²) in [6, 6.07) is 9.47. The summed E-state index contributed by atoms with van der Waals surface area (Å²) in [6.45, 7) is 2.00. The molecule has 0 fully saturated rings. The quantitative estimate of drug-likeness (QED) is 0.880. The number of nitrogens with one attached hydrogen (secondary N) is 1. The van der Waals surface area contributed by atoms with Gasteiger partial charge in [-0.3, -0.25) is 4.79 Å². The molecule has 104 valence electrons. The lowest BCUT2D eigenvalue weighted by Crippen LogP contribution is -2.16. The highest BCUT2D eigenvalue weighted by Crippen LogP contribution is 2.23. The molecule has 0 saturated heterocycles. The van der Waals surface area contributed by atoms with E-state index >= 15 is 0 Å². The Morgan fingerprint density at radius 3 is 2.55 bits per heavy atom. The van der Waals surface area contributed by atoms with Gasteiger partial charge in [0.05, 0.1) is 19.2 Å². The van der Waals surface area contributed by atoms with E-state index in [1.165, 1.54) is 18.4 Å². The number of carbonyl (C=O) groups is 2. The highest BCUT2D eigenvalue weighted by atomic mass is 32.1. The van der Waals surface area contributed by atoms with Crippen LogP contribution in [0.1, 0.15) is 20.8 Å². The molecular weight excluding hydrogens is 274 g/mol. The van der Waals surface area contributed by atoms with Crippen LogP contribution in [-0.2, 0) is 16.0 Å². The third-order valence-electron chi connectivity index (χ3n) is 2.80. The minimum atomic E-state index is -0.439. The van der Waals surface area contributed by atoms with Crippen LogP contribution in [0.4, 0.5) is 5.69 Å². The zero-order valence-electron chi connectivity index (χ0n) is 11.3. The molecule has 1 aromatic heterocycles. The molecule has 1 aromatic carbocycles. The number of methoxy groups -OCH3 is 1. The topological polar surface area (TPSA) is 55.4 Å². The average Bonchev–Trinajstić information content (AvgIpc) is 2.88. The molecule has 0 aliphatic carbocycles. The first-order valence-corrected chi connectivity index (χ1v) is 6.99. The average molecular weight is 289 g/mol. The number of thiophene rings is 1. The summed E-state index contributed by atoms with van der Waals surface area (Å²) in [5.74, 6) is -0.594. The summed E-state index contributed by atoms with van der Waals surface area (Å²) in [6.07, 6.45) is 0.275. The Balaban J connectivity index is 2.03. The Hall–Kier alpha value is -2.14. The van der Waals surface area contributed by atoms with Crippen LogP contribution in [-0.4, -0.2) is 19.0 Å². The molecule has 0 radical (unpaired) electrons. The van der Waals surface area contributed by atoms with E-state index < -0.39 is 5.97 Å². The van der Waals surface area contributed by atoms with E-state index in [0.717, 1.165) is 11.1 Å². The number of ether oxygens (including phenoxy) is 1. The molecule has 20 heavy (non-hydrogen) atoms. The molecule has 4 nitrogen and oxygen atoms in total. The van der Waals surface area contributed by atoms with Gasteiger partial charge in [-0.2, -0.15) is 0 Å². The van der Waals surface area contributed by atoms with Crippen LogP contribution in [0.2, 0.25) is 0 Å². The van der Waals surface area contributed by atoms with Gasteiger partial charge >= 0.3 is 5.97 Å². The van der Waals surface area contributed by atoms with Crippen LogP contribution in [0.25, 0.3) is 0 Å². The lowest BCUT2D eigenvalue weighted by molar-refractivity contribution is -0.115. The number of hydrogen-bond donors (Lipinski definition) is 1. The summed E-state index contributed by atoms with van der Waals surface area (Å²) in [5.41, 5.74) is 2.59. The molecule has 0 aliphatic heterocycles. The minimum absolute atomic E-state index is 0.155. The molecule has 1 amide bonds. The van der Waals surface area contributed by atoms with Gasteiger partial charge in [-0.15, -0.1) is 11.3 Å². The van der Waals surface area contributed by atoms with Crippen molar-refractivity contribution in [2.45, 2.75) is 13.3 Å². The van der Waals surface area contributed by atoms with E-state index in [2.05, 4.69) is 10.1 Å². The molecule has 0 atom stereocenters. The molecule has 0 aliphatic rings.